The Kier molecular flexibility index (Phi) is 9.50. The second-order valence-corrected chi connectivity index (χ2v) is 20.9. The highest BCUT2D eigenvalue weighted by Gasteiger charge is 2.56. The zero-order chi connectivity index (χ0) is 48.2. The minimum Gasteiger partial charge on any atom is -0.307 e. The van der Waals surface area contributed by atoms with E-state index in [1.807, 2.05) is 24.3 Å². The van der Waals surface area contributed by atoms with Crippen LogP contribution in [0.4, 0.5) is 0 Å². The van der Waals surface area contributed by atoms with Gasteiger partial charge >= 0.3 is 0 Å². The highest BCUT2D eigenvalue weighted by Crippen LogP contribution is 2.62. The molecule has 0 N–H and O–H groups in total. The van der Waals surface area contributed by atoms with Crippen molar-refractivity contribution in [3.05, 3.63) is 223 Å². The average molecular weight is 916 g/mol. The van der Waals surface area contributed by atoms with Crippen molar-refractivity contribution in [3.8, 4) is 67.8 Å². The minimum absolute atomic E-state index is 0.0248. The molecule has 13 rings (SSSR count). The molecule has 0 unspecified atom stereocenters. The Hall–Kier alpha value is -8.41. The molecule has 1 aliphatic rings. The van der Waals surface area contributed by atoms with Gasteiger partial charge < -0.3 is 4.57 Å². The summed E-state index contributed by atoms with van der Waals surface area (Å²) in [5.41, 5.74) is 17.3. The van der Waals surface area contributed by atoms with Crippen molar-refractivity contribution in [3.63, 3.8) is 0 Å². The first-order valence-corrected chi connectivity index (χ1v) is 24.8. The van der Waals surface area contributed by atoms with Crippen LogP contribution in [0.3, 0.4) is 0 Å². The van der Waals surface area contributed by atoms with Gasteiger partial charge in [-0.1, -0.05) is 224 Å². The molecule has 0 saturated carbocycles. The molecule has 5 heteroatoms. The molecule has 0 aliphatic heterocycles. The lowest BCUT2D eigenvalue weighted by Gasteiger charge is -2.44. The Labute approximate surface area is 414 Å². The van der Waals surface area contributed by atoms with Crippen LogP contribution >= 0.6 is 0 Å². The van der Waals surface area contributed by atoms with Crippen LogP contribution in [0.25, 0.3) is 111 Å². The zero-order valence-electron chi connectivity index (χ0n) is 40.9. The molecule has 1 aliphatic carbocycles. The first kappa shape index (κ1) is 42.7. The van der Waals surface area contributed by atoms with Crippen LogP contribution in [0.1, 0.15) is 52.7 Å². The molecule has 0 saturated heterocycles. The predicted octanol–water partition coefficient (Wildman–Crippen LogP) is 17.0. The van der Waals surface area contributed by atoms with Crippen LogP contribution in [-0.2, 0) is 10.8 Å². The maximum atomic E-state index is 5.48. The Morgan fingerprint density at radius 1 is 0.324 bits per heavy atom. The SMILES string of the molecule is CC1(C)c2ccc(-c3cccc(-c4cccc(-n5c6ccccc6c6ccc7c8ccccc8n(-c8nc(-c9ccccc9)nc(-c9ccccc9-c9ccccc9)n8)c7c65)c4)c3)cc2C(C)(C)C1(C)C. The molecule has 5 nitrogen and oxygen atoms in total. The Morgan fingerprint density at radius 2 is 0.817 bits per heavy atom. The fourth-order valence-electron chi connectivity index (χ4n) is 11.8. The van der Waals surface area contributed by atoms with E-state index in [4.69, 9.17) is 15.0 Å². The van der Waals surface area contributed by atoms with Gasteiger partial charge in [0.2, 0.25) is 5.95 Å². The highest BCUT2D eigenvalue weighted by atomic mass is 15.2. The number of nitrogens with zero attached hydrogens (tertiary/aromatic N) is 5. The maximum Gasteiger partial charge on any atom is 0.238 e. The van der Waals surface area contributed by atoms with E-state index in [1.54, 1.807) is 0 Å². The first-order chi connectivity index (χ1) is 34.5. The van der Waals surface area contributed by atoms with Crippen LogP contribution in [0.5, 0.6) is 0 Å². The smallest absolute Gasteiger partial charge is 0.238 e. The number of hydrogen-bond acceptors (Lipinski definition) is 3. The van der Waals surface area contributed by atoms with E-state index in [2.05, 4.69) is 239 Å². The summed E-state index contributed by atoms with van der Waals surface area (Å²) in [5, 5.41) is 4.58. The highest BCUT2D eigenvalue weighted by molar-refractivity contribution is 6.23. The van der Waals surface area contributed by atoms with E-state index >= 15 is 0 Å². The number of fused-ring (bicyclic) bond motifs is 8. The van der Waals surface area contributed by atoms with Gasteiger partial charge in [0.1, 0.15) is 0 Å². The first-order valence-electron chi connectivity index (χ1n) is 24.8. The van der Waals surface area contributed by atoms with Gasteiger partial charge in [0, 0.05) is 38.4 Å². The molecule has 0 radical (unpaired) electrons. The summed E-state index contributed by atoms with van der Waals surface area (Å²) in [5.74, 6) is 1.77. The van der Waals surface area contributed by atoms with E-state index in [0.717, 1.165) is 71.7 Å². The summed E-state index contributed by atoms with van der Waals surface area (Å²) in [6.07, 6.45) is 0. The molecule has 9 aromatic carbocycles. The van der Waals surface area contributed by atoms with Crippen LogP contribution in [-0.4, -0.2) is 24.1 Å². The second-order valence-electron chi connectivity index (χ2n) is 20.9. The van der Waals surface area contributed by atoms with Crippen molar-refractivity contribution in [1.29, 1.82) is 0 Å². The lowest BCUT2D eigenvalue weighted by Crippen LogP contribution is -2.42. The lowest BCUT2D eigenvalue weighted by atomic mass is 9.59. The molecule has 0 fully saturated rings. The van der Waals surface area contributed by atoms with Crippen LogP contribution < -0.4 is 0 Å². The van der Waals surface area contributed by atoms with E-state index < -0.39 is 0 Å². The summed E-state index contributed by atoms with van der Waals surface area (Å²) >= 11 is 0. The van der Waals surface area contributed by atoms with E-state index in [1.165, 1.54) is 33.2 Å². The van der Waals surface area contributed by atoms with Crippen molar-refractivity contribution in [1.82, 2.24) is 24.1 Å². The van der Waals surface area contributed by atoms with Gasteiger partial charge in [-0.2, -0.15) is 9.97 Å². The molecule has 71 heavy (non-hydrogen) atoms. The summed E-state index contributed by atoms with van der Waals surface area (Å²) in [6, 6.07) is 76.4. The number of aromatic nitrogens is 5. The number of hydrogen-bond donors (Lipinski definition) is 0. The van der Waals surface area contributed by atoms with E-state index in [-0.39, 0.29) is 16.2 Å². The van der Waals surface area contributed by atoms with Crippen LogP contribution in [0.15, 0.2) is 212 Å². The molecule has 0 atom stereocenters. The maximum absolute atomic E-state index is 5.48. The molecule has 0 spiro atoms. The molecule has 12 aromatic rings. The van der Waals surface area contributed by atoms with E-state index in [0.29, 0.717) is 17.6 Å². The topological polar surface area (TPSA) is 48.5 Å². The molecule has 3 heterocycles. The number of rotatable bonds is 7. The lowest BCUT2D eigenvalue weighted by molar-refractivity contribution is 0.125. The third kappa shape index (κ3) is 6.42. The number of benzene rings is 9. The Morgan fingerprint density at radius 3 is 1.49 bits per heavy atom. The molecular weight excluding hydrogens is 863 g/mol. The van der Waals surface area contributed by atoms with Gasteiger partial charge in [0.05, 0.1) is 22.1 Å². The normalized spacial score (nSPS) is 14.7. The summed E-state index contributed by atoms with van der Waals surface area (Å²) in [4.78, 5) is 16.1. The van der Waals surface area contributed by atoms with Crippen LogP contribution in [0.2, 0.25) is 0 Å². The van der Waals surface area contributed by atoms with E-state index in [9.17, 15) is 0 Å². The molecule has 0 amide bonds. The second kappa shape index (κ2) is 15.8. The third-order valence-electron chi connectivity index (χ3n) is 16.7. The fourth-order valence-corrected chi connectivity index (χ4v) is 11.8. The van der Waals surface area contributed by atoms with Crippen molar-refractivity contribution in [2.24, 2.45) is 5.41 Å². The van der Waals surface area contributed by atoms with Gasteiger partial charge in [-0.05, 0) is 91.1 Å². The number of para-hydroxylation sites is 2. The monoisotopic (exact) mass is 915 g/mol. The molecular formula is C66H53N5. The molecule has 342 valence electrons. The third-order valence-corrected chi connectivity index (χ3v) is 16.7. The van der Waals surface area contributed by atoms with Gasteiger partial charge in [0.25, 0.3) is 0 Å². The molecule has 3 aromatic heterocycles. The quantitative estimate of drug-likeness (QED) is 0.160. The van der Waals surface area contributed by atoms with Gasteiger partial charge in [-0.25, -0.2) is 4.98 Å². The van der Waals surface area contributed by atoms with Gasteiger partial charge in [-0.15, -0.1) is 0 Å². The fraction of sp³-hybridized carbons (Fsp3) is 0.136. The summed E-state index contributed by atoms with van der Waals surface area (Å²) in [7, 11) is 0. The Balaban J connectivity index is 1.03. The van der Waals surface area contributed by atoms with Crippen molar-refractivity contribution in [2.75, 3.05) is 0 Å². The largest absolute Gasteiger partial charge is 0.307 e. The Bertz CT molecular complexity index is 4080. The molecule has 0 bridgehead atoms. The van der Waals surface area contributed by atoms with Crippen LogP contribution in [0, 0.1) is 5.41 Å². The predicted molar refractivity (Wildman–Crippen MR) is 296 cm³/mol. The minimum atomic E-state index is 0.0248. The summed E-state index contributed by atoms with van der Waals surface area (Å²) < 4.78 is 4.73. The zero-order valence-corrected chi connectivity index (χ0v) is 40.9. The van der Waals surface area contributed by atoms with Crippen molar-refractivity contribution in [2.45, 2.75) is 52.4 Å². The van der Waals surface area contributed by atoms with Gasteiger partial charge in [0.15, 0.2) is 11.6 Å². The van der Waals surface area contributed by atoms with Crippen molar-refractivity contribution < 1.29 is 0 Å². The summed E-state index contributed by atoms with van der Waals surface area (Å²) in [6.45, 7) is 14.5. The van der Waals surface area contributed by atoms with Gasteiger partial charge in [-0.3, -0.25) is 4.57 Å². The van der Waals surface area contributed by atoms with Crippen molar-refractivity contribution >= 4 is 43.6 Å². The average Bonchev–Trinajstić information content (AvgIpc) is 3.97. The standard InChI is InChI=1S/C66H53N5/c1-64(2)55-38-35-47(41-56(55)65(3,4)66(64,5)6)45-26-19-25-44(39-45)46-27-20-28-48(40-46)70-57-33-17-15-30-50(57)52-36-37-53-51-31-16-18-34-58(51)71(60(53)59(52)70)63-68-61(43-23-11-8-12-24-43)67-62(69-63)54-32-14-13-29-49(54)42-21-9-7-10-22-42/h7-41H,1-6H3.